The van der Waals surface area contributed by atoms with Gasteiger partial charge in [-0.3, -0.25) is 19.3 Å². The van der Waals surface area contributed by atoms with Gasteiger partial charge in [0.05, 0.1) is 5.52 Å². The SMILES string of the molecule is CNC(=O)c1[nH]nc2c1[C@H](Cn1c(=O)oc3ccccc31)CC(=O)N2. The molecule has 2 amide bonds. The van der Waals surface area contributed by atoms with Crippen LogP contribution < -0.4 is 16.4 Å². The van der Waals surface area contributed by atoms with E-state index in [0.29, 0.717) is 22.5 Å². The molecule has 0 unspecified atom stereocenters. The number of rotatable bonds is 3. The molecule has 0 bridgehead atoms. The zero-order valence-electron chi connectivity index (χ0n) is 13.3. The summed E-state index contributed by atoms with van der Waals surface area (Å²) in [6.07, 6.45) is 0.141. The first kappa shape index (κ1) is 15.2. The van der Waals surface area contributed by atoms with Crippen molar-refractivity contribution in [1.82, 2.24) is 20.1 Å². The first-order valence-corrected chi connectivity index (χ1v) is 7.77. The maximum atomic E-state index is 12.2. The predicted molar refractivity (Wildman–Crippen MR) is 88.4 cm³/mol. The van der Waals surface area contributed by atoms with Gasteiger partial charge in [-0.1, -0.05) is 12.1 Å². The Hall–Kier alpha value is -3.36. The minimum absolute atomic E-state index is 0.141. The Balaban J connectivity index is 1.80. The molecule has 0 fully saturated rings. The summed E-state index contributed by atoms with van der Waals surface area (Å²) in [5.41, 5.74) is 2.00. The number of benzene rings is 1. The number of fused-ring (bicyclic) bond motifs is 2. The summed E-state index contributed by atoms with van der Waals surface area (Å²) in [5.74, 6) is -1.11. The molecule has 4 rings (SSSR count). The van der Waals surface area contributed by atoms with Crippen LogP contribution in [0.15, 0.2) is 33.5 Å². The van der Waals surface area contributed by atoms with Crippen LogP contribution in [-0.4, -0.2) is 33.6 Å². The lowest BCUT2D eigenvalue weighted by atomic mass is 9.91. The number of hydrogen-bond donors (Lipinski definition) is 3. The van der Waals surface area contributed by atoms with Crippen molar-refractivity contribution in [3.05, 3.63) is 46.1 Å². The third kappa shape index (κ3) is 2.40. The third-order valence-electron chi connectivity index (χ3n) is 4.33. The van der Waals surface area contributed by atoms with Crippen LogP contribution in [0.4, 0.5) is 5.82 Å². The molecule has 0 saturated carbocycles. The van der Waals surface area contributed by atoms with Gasteiger partial charge in [0.1, 0.15) is 5.69 Å². The fourth-order valence-electron chi connectivity index (χ4n) is 3.21. The fraction of sp³-hybridized carbons (Fsp3) is 0.250. The molecule has 1 aliphatic rings. The van der Waals surface area contributed by atoms with Gasteiger partial charge in [0.15, 0.2) is 11.4 Å². The smallest absolute Gasteiger partial charge is 0.408 e. The maximum Gasteiger partial charge on any atom is 0.419 e. The number of hydrogen-bond acceptors (Lipinski definition) is 5. The van der Waals surface area contributed by atoms with Gasteiger partial charge >= 0.3 is 5.76 Å². The zero-order valence-corrected chi connectivity index (χ0v) is 13.3. The number of amides is 2. The lowest BCUT2D eigenvalue weighted by molar-refractivity contribution is -0.117. The van der Waals surface area contributed by atoms with E-state index in [2.05, 4.69) is 20.8 Å². The molecule has 3 heterocycles. The summed E-state index contributed by atoms with van der Waals surface area (Å²) < 4.78 is 6.72. The largest absolute Gasteiger partial charge is 0.419 e. The Morgan fingerprint density at radius 1 is 1.40 bits per heavy atom. The molecule has 25 heavy (non-hydrogen) atoms. The highest BCUT2D eigenvalue weighted by atomic mass is 16.4. The van der Waals surface area contributed by atoms with E-state index in [-0.39, 0.29) is 36.4 Å². The van der Waals surface area contributed by atoms with Crippen molar-refractivity contribution in [2.45, 2.75) is 18.9 Å². The number of carbonyl (C=O) groups is 2. The Morgan fingerprint density at radius 3 is 3.00 bits per heavy atom. The molecule has 1 atom stereocenters. The summed E-state index contributed by atoms with van der Waals surface area (Å²) >= 11 is 0. The van der Waals surface area contributed by atoms with E-state index >= 15 is 0 Å². The van der Waals surface area contributed by atoms with Gasteiger partial charge in [-0.2, -0.15) is 5.10 Å². The molecule has 3 N–H and O–H groups in total. The van der Waals surface area contributed by atoms with Crippen LogP contribution in [0.2, 0.25) is 0 Å². The molecular weight excluding hydrogens is 326 g/mol. The van der Waals surface area contributed by atoms with Crippen LogP contribution in [0.25, 0.3) is 11.1 Å². The first-order chi connectivity index (χ1) is 12.1. The Kier molecular flexibility index (Phi) is 3.41. The highest BCUT2D eigenvalue weighted by Crippen LogP contribution is 2.34. The topological polar surface area (TPSA) is 122 Å². The standard InChI is InChI=1S/C16H15N5O4/c1-17-15(23)13-12-8(6-11(22)18-14(12)20-19-13)7-21-9-4-2-3-5-10(9)25-16(21)24/h2-5,8H,6-7H2,1H3,(H,17,23)(H2,18,19,20,22)/t8-/m0/s1. The van der Waals surface area contributed by atoms with E-state index < -0.39 is 5.76 Å². The van der Waals surface area contributed by atoms with Gasteiger partial charge < -0.3 is 15.1 Å². The summed E-state index contributed by atoms with van der Waals surface area (Å²) in [6, 6.07) is 7.07. The van der Waals surface area contributed by atoms with Crippen LogP contribution in [0.3, 0.4) is 0 Å². The van der Waals surface area contributed by atoms with Crippen molar-refractivity contribution < 1.29 is 14.0 Å². The number of carbonyl (C=O) groups excluding carboxylic acids is 2. The predicted octanol–water partition coefficient (Wildman–Crippen LogP) is 0.803. The molecule has 3 aromatic rings. The van der Waals surface area contributed by atoms with Crippen molar-refractivity contribution in [2.75, 3.05) is 12.4 Å². The Bertz CT molecular complexity index is 1040. The molecule has 9 heteroatoms. The lowest BCUT2D eigenvalue weighted by Crippen LogP contribution is -2.29. The first-order valence-electron chi connectivity index (χ1n) is 7.77. The van der Waals surface area contributed by atoms with E-state index in [1.807, 2.05) is 0 Å². The second-order valence-electron chi connectivity index (χ2n) is 5.84. The van der Waals surface area contributed by atoms with Crippen LogP contribution in [-0.2, 0) is 11.3 Å². The number of H-pyrrole nitrogens is 1. The van der Waals surface area contributed by atoms with Crippen molar-refractivity contribution >= 4 is 28.7 Å². The molecule has 9 nitrogen and oxygen atoms in total. The molecule has 0 aliphatic carbocycles. The fourth-order valence-corrected chi connectivity index (χ4v) is 3.21. The van der Waals surface area contributed by atoms with Crippen LogP contribution in [0, 0.1) is 0 Å². The summed E-state index contributed by atoms with van der Waals surface area (Å²) in [7, 11) is 1.51. The van der Waals surface area contributed by atoms with Crippen molar-refractivity contribution in [1.29, 1.82) is 0 Å². The van der Waals surface area contributed by atoms with E-state index in [1.54, 1.807) is 24.3 Å². The quantitative estimate of drug-likeness (QED) is 0.650. The van der Waals surface area contributed by atoms with Crippen molar-refractivity contribution in [3.8, 4) is 0 Å². The van der Waals surface area contributed by atoms with E-state index in [0.717, 1.165) is 0 Å². The highest BCUT2D eigenvalue weighted by Gasteiger charge is 2.33. The summed E-state index contributed by atoms with van der Waals surface area (Å²) in [4.78, 5) is 36.3. The third-order valence-corrected chi connectivity index (χ3v) is 4.33. The number of aromatic nitrogens is 3. The number of aromatic amines is 1. The van der Waals surface area contributed by atoms with E-state index in [9.17, 15) is 14.4 Å². The number of oxazole rings is 1. The van der Waals surface area contributed by atoms with E-state index in [4.69, 9.17) is 4.42 Å². The lowest BCUT2D eigenvalue weighted by Gasteiger charge is -2.22. The molecular formula is C16H15N5O4. The van der Waals surface area contributed by atoms with Crippen LogP contribution in [0.1, 0.15) is 28.4 Å². The molecule has 1 aliphatic heterocycles. The minimum Gasteiger partial charge on any atom is -0.408 e. The second kappa shape index (κ2) is 5.62. The normalized spacial score (nSPS) is 16.5. The number of para-hydroxylation sites is 2. The van der Waals surface area contributed by atoms with Gasteiger partial charge in [-0.05, 0) is 12.1 Å². The van der Waals surface area contributed by atoms with Gasteiger partial charge in [-0.15, -0.1) is 0 Å². The number of nitrogens with zero attached hydrogens (tertiary/aromatic N) is 2. The average Bonchev–Trinajstić information content (AvgIpc) is 3.16. The van der Waals surface area contributed by atoms with Crippen LogP contribution in [0.5, 0.6) is 0 Å². The maximum absolute atomic E-state index is 12.2. The molecule has 128 valence electrons. The number of nitrogens with one attached hydrogen (secondary N) is 3. The van der Waals surface area contributed by atoms with Crippen molar-refractivity contribution in [2.24, 2.45) is 0 Å². The van der Waals surface area contributed by atoms with Crippen LogP contribution >= 0.6 is 0 Å². The molecule has 0 radical (unpaired) electrons. The molecule has 1 aromatic carbocycles. The number of anilines is 1. The second-order valence-corrected chi connectivity index (χ2v) is 5.84. The summed E-state index contributed by atoms with van der Waals surface area (Å²) in [5, 5.41) is 11.9. The van der Waals surface area contributed by atoms with Gasteiger partial charge in [-0.25, -0.2) is 4.79 Å². The summed E-state index contributed by atoms with van der Waals surface area (Å²) in [6.45, 7) is 0.208. The average molecular weight is 341 g/mol. The minimum atomic E-state index is -0.501. The Labute approximate surface area is 141 Å². The van der Waals surface area contributed by atoms with Gasteiger partial charge in [0.2, 0.25) is 5.91 Å². The Morgan fingerprint density at radius 2 is 2.20 bits per heavy atom. The molecule has 0 saturated heterocycles. The van der Waals surface area contributed by atoms with Crippen molar-refractivity contribution in [3.63, 3.8) is 0 Å². The molecule has 2 aromatic heterocycles. The monoisotopic (exact) mass is 341 g/mol. The van der Waals surface area contributed by atoms with Gasteiger partial charge in [0, 0.05) is 31.5 Å². The molecule has 0 spiro atoms. The van der Waals surface area contributed by atoms with E-state index in [1.165, 1.54) is 11.6 Å². The highest BCUT2D eigenvalue weighted by molar-refractivity contribution is 6.00. The van der Waals surface area contributed by atoms with Gasteiger partial charge in [0.25, 0.3) is 5.91 Å². The zero-order chi connectivity index (χ0) is 17.6.